The average Bonchev–Trinajstić information content (AvgIpc) is 3.43. The van der Waals surface area contributed by atoms with Crippen LogP contribution in [-0.4, -0.2) is 22.1 Å². The molecule has 0 aromatic heterocycles. The Morgan fingerprint density at radius 2 is 1.05 bits per heavy atom. The molecule has 0 amide bonds. The van der Waals surface area contributed by atoms with Crippen LogP contribution in [0.5, 0.6) is 0 Å². The molecule has 4 rings (SSSR count). The minimum atomic E-state index is -4.77. The van der Waals surface area contributed by atoms with Gasteiger partial charge in [0.15, 0.2) is 0 Å². The minimum absolute atomic E-state index is 0.150. The standard InChI is InChI=1S/2C18H25Si.C2H7Si.2ClH.Zr/c2*1-14(2)11-15-12-17-8-6-7-16(18(17)13-15)9-10-19(3,4)5;1-3-2;;;/h2*6-10,12-14H,11H2,1-5H3;3H,1-2H3;2*1H;/q;;;;;+2/p-2. The monoisotopic (exact) mass is 757 g/mol. The maximum absolute atomic E-state index is 8.69. The van der Waals surface area contributed by atoms with Crippen molar-refractivity contribution in [2.24, 2.45) is 11.8 Å². The molecule has 0 radical (unpaired) electrons. The first-order valence-electron chi connectivity index (χ1n) is 16.9. The summed E-state index contributed by atoms with van der Waals surface area (Å²) >= 11 is -4.77. The fraction of sp³-hybridized carbons (Fsp3) is 0.474. The van der Waals surface area contributed by atoms with E-state index in [0.29, 0.717) is 11.8 Å². The first-order chi connectivity index (χ1) is 20.2. The molecule has 0 bridgehead atoms. The molecular weight excluding hydrogens is 703 g/mol. The van der Waals surface area contributed by atoms with E-state index in [1.807, 2.05) is 0 Å². The van der Waals surface area contributed by atoms with E-state index < -0.39 is 37.6 Å². The Morgan fingerprint density at radius 1 is 0.682 bits per heavy atom. The Hall–Kier alpha value is -0.486. The van der Waals surface area contributed by atoms with Crippen LogP contribution in [0.4, 0.5) is 0 Å². The van der Waals surface area contributed by atoms with E-state index in [2.05, 4.69) is 152 Å². The molecule has 2 aromatic carbocycles. The molecule has 2 aliphatic carbocycles. The van der Waals surface area contributed by atoms with E-state index >= 15 is 0 Å². The van der Waals surface area contributed by atoms with Gasteiger partial charge in [-0.2, -0.15) is 0 Å². The average molecular weight is 760 g/mol. The topological polar surface area (TPSA) is 0 Å². The molecule has 6 heteroatoms. The second-order valence-electron chi connectivity index (χ2n) is 17.0. The van der Waals surface area contributed by atoms with Crippen LogP contribution in [0.25, 0.3) is 24.3 Å². The summed E-state index contributed by atoms with van der Waals surface area (Å²) in [6.07, 6.45) is 11.9. The first-order valence-corrected chi connectivity index (χ1v) is 40.3. The molecule has 0 spiro atoms. The van der Waals surface area contributed by atoms with Crippen LogP contribution in [0.1, 0.15) is 81.2 Å². The molecule has 2 atom stereocenters. The van der Waals surface area contributed by atoms with E-state index in [4.69, 9.17) is 17.0 Å². The Labute approximate surface area is 280 Å². The maximum atomic E-state index is 8.69. The number of halogens is 2. The number of rotatable bonds is 11. The van der Waals surface area contributed by atoms with E-state index in [9.17, 15) is 0 Å². The summed E-state index contributed by atoms with van der Waals surface area (Å²) < 4.78 is 0.300. The third kappa shape index (κ3) is 7.47. The van der Waals surface area contributed by atoms with Crippen molar-refractivity contribution >= 4 is 63.4 Å². The van der Waals surface area contributed by atoms with Gasteiger partial charge >= 0.3 is 283 Å². The summed E-state index contributed by atoms with van der Waals surface area (Å²) in [5.74, 6) is -0.505. The summed E-state index contributed by atoms with van der Waals surface area (Å²) in [6.45, 7) is 28.8. The summed E-state index contributed by atoms with van der Waals surface area (Å²) in [5.41, 5.74) is 16.1. The summed E-state index contributed by atoms with van der Waals surface area (Å²) in [4.78, 5) is 0. The van der Waals surface area contributed by atoms with Crippen LogP contribution in [0, 0.1) is 11.8 Å². The van der Waals surface area contributed by atoms with E-state index in [0.717, 1.165) is 12.8 Å². The van der Waals surface area contributed by atoms with Crippen molar-refractivity contribution in [3.63, 3.8) is 0 Å². The molecule has 0 heterocycles. The number of fused-ring (bicyclic) bond motifs is 2. The van der Waals surface area contributed by atoms with Gasteiger partial charge in [0.05, 0.1) is 0 Å². The predicted octanol–water partition coefficient (Wildman–Crippen LogP) is 13.1. The first kappa shape index (κ1) is 36.4. The zero-order valence-corrected chi connectivity index (χ0v) is 36.6. The Balaban J connectivity index is 2.02. The van der Waals surface area contributed by atoms with Crippen LogP contribution in [0.2, 0.25) is 52.4 Å². The Kier molecular flexibility index (Phi) is 10.9. The molecule has 0 aliphatic heterocycles. The quantitative estimate of drug-likeness (QED) is 0.200. The van der Waals surface area contributed by atoms with Crippen LogP contribution >= 0.6 is 17.0 Å². The number of hydrogen-bond donors (Lipinski definition) is 0. The van der Waals surface area contributed by atoms with Crippen LogP contribution in [-0.2, 0) is 15.6 Å². The third-order valence-corrected chi connectivity index (χ3v) is 63.6. The Bertz CT molecular complexity index is 1410. The molecule has 44 heavy (non-hydrogen) atoms. The van der Waals surface area contributed by atoms with Crippen LogP contribution in [0.15, 0.2) is 58.9 Å². The number of allylic oxidation sites excluding steroid dienone is 2. The van der Waals surface area contributed by atoms with Gasteiger partial charge in [-0.3, -0.25) is 0 Å². The van der Waals surface area contributed by atoms with Gasteiger partial charge in [-0.05, 0) is 0 Å². The summed E-state index contributed by atoms with van der Waals surface area (Å²) in [7, 11) is 14.7. The van der Waals surface area contributed by atoms with Crippen molar-refractivity contribution in [2.45, 2.75) is 100 Å². The Morgan fingerprint density at radius 3 is 1.34 bits per heavy atom. The normalized spacial score (nSPS) is 20.1. The molecule has 0 fully saturated rings. The fourth-order valence-corrected chi connectivity index (χ4v) is 40.1. The van der Waals surface area contributed by atoms with Gasteiger partial charge in [-0.1, -0.05) is 0 Å². The predicted molar refractivity (Wildman–Crippen MR) is 209 cm³/mol. The van der Waals surface area contributed by atoms with Crippen molar-refractivity contribution in [1.82, 2.24) is 0 Å². The van der Waals surface area contributed by atoms with Gasteiger partial charge in [0.25, 0.3) is 0 Å². The van der Waals surface area contributed by atoms with Gasteiger partial charge in [0.2, 0.25) is 0 Å². The molecule has 2 aromatic rings. The zero-order valence-electron chi connectivity index (χ0n) is 29.5. The van der Waals surface area contributed by atoms with E-state index in [1.54, 1.807) is 0 Å². The van der Waals surface area contributed by atoms with Gasteiger partial charge in [-0.25, -0.2) is 0 Å². The third-order valence-electron chi connectivity index (χ3n) is 9.39. The van der Waals surface area contributed by atoms with Crippen molar-refractivity contribution in [3.05, 3.63) is 92.3 Å². The van der Waals surface area contributed by atoms with Crippen molar-refractivity contribution in [3.8, 4) is 0 Å². The molecule has 239 valence electrons. The second-order valence-corrected chi connectivity index (χ2v) is 69.6. The van der Waals surface area contributed by atoms with Gasteiger partial charge in [0.1, 0.15) is 0 Å². The van der Waals surface area contributed by atoms with Gasteiger partial charge in [-0.15, -0.1) is 0 Å². The number of hydrogen-bond acceptors (Lipinski definition) is 0. The second kappa shape index (κ2) is 13.2. The molecule has 2 aliphatic rings. The molecule has 0 N–H and O–H groups in total. The van der Waals surface area contributed by atoms with Crippen molar-refractivity contribution < 1.29 is 15.6 Å². The number of benzene rings is 2. The molecular formula is C38H57Cl2Si3Zr. The zero-order chi connectivity index (χ0) is 32.9. The fourth-order valence-electron chi connectivity index (χ4n) is 7.38. The van der Waals surface area contributed by atoms with E-state index in [-0.39, 0.29) is 7.25 Å². The molecule has 0 saturated heterocycles. The summed E-state index contributed by atoms with van der Waals surface area (Å²) in [5, 5.41) is 0. The SMILES string of the molecule is CC(C)CC1=Cc2c(C=C[Si](C)(C)C)cccc2[CH]1[Zr]([Cl])([Cl])([CH]1C(CC(C)C)=Cc2c(C=C[Si](C)(C)C)cccc21)[SiH](C)C. The van der Waals surface area contributed by atoms with E-state index in [1.165, 1.54) is 44.5 Å². The summed E-state index contributed by atoms with van der Waals surface area (Å²) in [6, 6.07) is 13.9. The molecule has 0 saturated carbocycles. The van der Waals surface area contributed by atoms with Gasteiger partial charge < -0.3 is 0 Å². The molecule has 2 unspecified atom stereocenters. The van der Waals surface area contributed by atoms with Gasteiger partial charge in [0, 0.05) is 0 Å². The van der Waals surface area contributed by atoms with Crippen molar-refractivity contribution in [1.29, 1.82) is 0 Å². The van der Waals surface area contributed by atoms with Crippen LogP contribution in [0.3, 0.4) is 0 Å². The van der Waals surface area contributed by atoms with Crippen LogP contribution < -0.4 is 0 Å². The molecule has 0 nitrogen and oxygen atoms in total. The van der Waals surface area contributed by atoms with Crippen molar-refractivity contribution in [2.75, 3.05) is 0 Å².